The first-order valence-corrected chi connectivity index (χ1v) is 8.45. The Bertz CT molecular complexity index is 682. The Labute approximate surface area is 124 Å². The fourth-order valence-electron chi connectivity index (χ4n) is 1.83. The van der Waals surface area contributed by atoms with Crippen LogP contribution in [0.5, 0.6) is 0 Å². The Morgan fingerprint density at radius 2 is 1.90 bits per heavy atom. The van der Waals surface area contributed by atoms with Crippen molar-refractivity contribution >= 4 is 9.84 Å². The average molecular weight is 309 g/mol. The maximum Gasteiger partial charge on any atom is 0.335 e. The summed E-state index contributed by atoms with van der Waals surface area (Å²) in [6, 6.07) is 8.40. The van der Waals surface area contributed by atoms with Gasteiger partial charge in [-0.25, -0.2) is 8.42 Å². The van der Waals surface area contributed by atoms with Gasteiger partial charge in [-0.2, -0.15) is 0 Å². The molecule has 2 aromatic rings. The van der Waals surface area contributed by atoms with Crippen molar-refractivity contribution in [2.75, 3.05) is 0 Å². The lowest BCUT2D eigenvalue weighted by Crippen LogP contribution is -2.18. The van der Waals surface area contributed by atoms with E-state index in [1.165, 1.54) is 0 Å². The number of hydrogen-bond donors (Lipinski definition) is 1. The van der Waals surface area contributed by atoms with Gasteiger partial charge in [0.15, 0.2) is 0 Å². The van der Waals surface area contributed by atoms with Crippen molar-refractivity contribution in [1.29, 1.82) is 0 Å². The highest BCUT2D eigenvalue weighted by Crippen LogP contribution is 2.23. The molecule has 0 aliphatic heterocycles. The molecule has 2 atom stereocenters. The van der Waals surface area contributed by atoms with Crippen LogP contribution in [-0.4, -0.2) is 18.6 Å². The van der Waals surface area contributed by atoms with Gasteiger partial charge >= 0.3 is 5.22 Å². The fraction of sp³-hybridized carbons (Fsp3) is 0.429. The van der Waals surface area contributed by atoms with E-state index >= 15 is 0 Å². The Hall–Kier alpha value is -1.73. The summed E-state index contributed by atoms with van der Waals surface area (Å²) < 4.78 is 29.7. The van der Waals surface area contributed by atoms with E-state index in [9.17, 15) is 8.42 Å². The van der Waals surface area contributed by atoms with Crippen LogP contribution >= 0.6 is 0 Å². The van der Waals surface area contributed by atoms with Crippen LogP contribution in [0.25, 0.3) is 0 Å². The largest absolute Gasteiger partial charge is 0.411 e. The summed E-state index contributed by atoms with van der Waals surface area (Å²) in [5.74, 6) is 0.125. The number of benzene rings is 1. The molecule has 2 N–H and O–H groups in total. The van der Waals surface area contributed by atoms with Crippen molar-refractivity contribution < 1.29 is 12.8 Å². The molecule has 1 aromatic carbocycles. The standard InChI is InChI=1S/C14H19N3O3S/c1-3-10(2)12(15)13-16-17-14(20-13)21(18,19)9-11-7-5-4-6-8-11/h4-8,10,12H,3,9,15H2,1-2H3. The number of sulfone groups is 1. The van der Waals surface area contributed by atoms with Crippen LogP contribution in [0.2, 0.25) is 0 Å². The third-order valence-corrected chi connectivity index (χ3v) is 4.84. The van der Waals surface area contributed by atoms with Crippen LogP contribution in [0.1, 0.15) is 37.8 Å². The smallest absolute Gasteiger partial charge is 0.335 e. The van der Waals surface area contributed by atoms with Crippen molar-refractivity contribution in [3.63, 3.8) is 0 Å². The zero-order valence-electron chi connectivity index (χ0n) is 12.1. The highest BCUT2D eigenvalue weighted by molar-refractivity contribution is 7.90. The predicted molar refractivity (Wildman–Crippen MR) is 78.0 cm³/mol. The lowest BCUT2D eigenvalue weighted by atomic mass is 10.0. The Kier molecular flexibility index (Phi) is 4.74. The molecule has 0 aliphatic rings. The Morgan fingerprint density at radius 1 is 1.24 bits per heavy atom. The summed E-state index contributed by atoms with van der Waals surface area (Å²) in [6.07, 6.45) is 0.843. The minimum absolute atomic E-state index is 0.134. The second-order valence-corrected chi connectivity index (χ2v) is 6.93. The lowest BCUT2D eigenvalue weighted by Gasteiger charge is -2.13. The SMILES string of the molecule is CCC(C)C(N)c1nnc(S(=O)(=O)Cc2ccccc2)o1. The molecular weight excluding hydrogens is 290 g/mol. The molecule has 0 saturated heterocycles. The first kappa shape index (κ1) is 15.7. The van der Waals surface area contributed by atoms with Gasteiger partial charge in [-0.3, -0.25) is 0 Å². The zero-order chi connectivity index (χ0) is 15.5. The molecule has 0 spiro atoms. The lowest BCUT2D eigenvalue weighted by molar-refractivity contribution is 0.327. The first-order chi connectivity index (χ1) is 9.94. The summed E-state index contributed by atoms with van der Waals surface area (Å²) in [6.45, 7) is 3.95. The molecule has 0 fully saturated rings. The quantitative estimate of drug-likeness (QED) is 0.877. The summed E-state index contributed by atoms with van der Waals surface area (Å²) >= 11 is 0. The molecule has 2 rings (SSSR count). The molecular formula is C14H19N3O3S. The van der Waals surface area contributed by atoms with Crippen molar-refractivity contribution in [2.24, 2.45) is 11.7 Å². The molecule has 0 bridgehead atoms. The molecule has 7 heteroatoms. The van der Waals surface area contributed by atoms with Gasteiger partial charge in [0.2, 0.25) is 15.7 Å². The summed E-state index contributed by atoms with van der Waals surface area (Å²) in [5.41, 5.74) is 6.64. The Balaban J connectivity index is 2.20. The average Bonchev–Trinajstić information content (AvgIpc) is 2.97. The van der Waals surface area contributed by atoms with E-state index < -0.39 is 15.9 Å². The topological polar surface area (TPSA) is 99.1 Å². The molecule has 0 aliphatic carbocycles. The molecule has 6 nitrogen and oxygen atoms in total. The minimum atomic E-state index is -3.65. The van der Waals surface area contributed by atoms with Gasteiger partial charge in [-0.1, -0.05) is 55.7 Å². The third-order valence-electron chi connectivity index (χ3n) is 3.43. The second-order valence-electron chi connectivity index (χ2n) is 5.06. The van der Waals surface area contributed by atoms with E-state index in [-0.39, 0.29) is 22.8 Å². The highest BCUT2D eigenvalue weighted by Gasteiger charge is 2.26. The maximum atomic E-state index is 12.2. The number of nitrogens with zero attached hydrogens (tertiary/aromatic N) is 2. The van der Waals surface area contributed by atoms with Crippen molar-refractivity contribution in [2.45, 2.75) is 37.3 Å². The molecule has 114 valence electrons. The van der Waals surface area contributed by atoms with E-state index in [0.29, 0.717) is 5.56 Å². The number of aromatic nitrogens is 2. The van der Waals surface area contributed by atoms with E-state index in [4.69, 9.17) is 10.2 Å². The van der Waals surface area contributed by atoms with Crippen molar-refractivity contribution in [3.05, 3.63) is 41.8 Å². The summed E-state index contributed by atoms with van der Waals surface area (Å²) in [4.78, 5) is 0. The monoisotopic (exact) mass is 309 g/mol. The number of hydrogen-bond acceptors (Lipinski definition) is 6. The first-order valence-electron chi connectivity index (χ1n) is 6.79. The van der Waals surface area contributed by atoms with E-state index in [1.807, 2.05) is 19.9 Å². The van der Waals surface area contributed by atoms with Crippen molar-refractivity contribution in [1.82, 2.24) is 10.2 Å². The molecule has 1 aromatic heterocycles. The van der Waals surface area contributed by atoms with Crippen LogP contribution in [-0.2, 0) is 15.6 Å². The van der Waals surface area contributed by atoms with Crippen LogP contribution in [0, 0.1) is 5.92 Å². The van der Waals surface area contributed by atoms with Crippen LogP contribution < -0.4 is 5.73 Å². The van der Waals surface area contributed by atoms with Crippen LogP contribution in [0.15, 0.2) is 40.0 Å². The fourth-order valence-corrected chi connectivity index (χ4v) is 2.97. The molecule has 2 unspecified atom stereocenters. The predicted octanol–water partition coefficient (Wildman–Crippen LogP) is 2.09. The molecule has 0 amide bonds. The maximum absolute atomic E-state index is 12.2. The molecule has 21 heavy (non-hydrogen) atoms. The normalized spacial score (nSPS) is 14.8. The van der Waals surface area contributed by atoms with Crippen molar-refractivity contribution in [3.8, 4) is 0 Å². The third kappa shape index (κ3) is 3.68. The highest BCUT2D eigenvalue weighted by atomic mass is 32.2. The van der Waals surface area contributed by atoms with Gasteiger partial charge in [-0.05, 0) is 11.5 Å². The van der Waals surface area contributed by atoms with E-state index in [1.54, 1.807) is 24.3 Å². The summed E-state index contributed by atoms with van der Waals surface area (Å²) in [5, 5.41) is 7.03. The van der Waals surface area contributed by atoms with Crippen LogP contribution in [0.3, 0.4) is 0 Å². The number of nitrogens with two attached hydrogens (primary N) is 1. The van der Waals surface area contributed by atoms with Gasteiger partial charge < -0.3 is 10.2 Å². The molecule has 0 saturated carbocycles. The molecule has 1 heterocycles. The van der Waals surface area contributed by atoms with Gasteiger partial charge in [0.25, 0.3) is 0 Å². The Morgan fingerprint density at radius 3 is 2.52 bits per heavy atom. The van der Waals surface area contributed by atoms with E-state index in [2.05, 4.69) is 10.2 Å². The second kappa shape index (κ2) is 6.36. The summed E-state index contributed by atoms with van der Waals surface area (Å²) in [7, 11) is -3.65. The number of rotatable bonds is 6. The molecule has 0 radical (unpaired) electrons. The van der Waals surface area contributed by atoms with Crippen LogP contribution in [0.4, 0.5) is 0 Å². The van der Waals surface area contributed by atoms with Gasteiger partial charge in [0, 0.05) is 0 Å². The van der Waals surface area contributed by atoms with Gasteiger partial charge in [0.05, 0.1) is 11.8 Å². The van der Waals surface area contributed by atoms with Gasteiger partial charge in [-0.15, -0.1) is 5.10 Å². The van der Waals surface area contributed by atoms with E-state index in [0.717, 1.165) is 6.42 Å². The van der Waals surface area contributed by atoms with Gasteiger partial charge in [0.1, 0.15) is 0 Å². The zero-order valence-corrected chi connectivity index (χ0v) is 12.9. The minimum Gasteiger partial charge on any atom is -0.411 e.